The Morgan fingerprint density at radius 2 is 2.36 bits per heavy atom. The summed E-state index contributed by atoms with van der Waals surface area (Å²) in [6.45, 7) is 0. The van der Waals surface area contributed by atoms with Crippen LogP contribution >= 0.6 is 0 Å². The monoisotopic (exact) mass is 192 g/mol. The highest BCUT2D eigenvalue weighted by Gasteiger charge is 2.27. The lowest BCUT2D eigenvalue weighted by Gasteiger charge is -2.04. The molecular weight excluding hydrogens is 180 g/mol. The molecule has 1 aromatic rings. The van der Waals surface area contributed by atoms with Crippen LogP contribution in [0.2, 0.25) is 0 Å². The summed E-state index contributed by atoms with van der Waals surface area (Å²) in [5.74, 6) is 1.23. The highest BCUT2D eigenvalue weighted by Crippen LogP contribution is 2.38. The molecule has 0 amide bonds. The number of rotatable bonds is 3. The Morgan fingerprint density at radius 1 is 1.64 bits per heavy atom. The zero-order valence-corrected chi connectivity index (χ0v) is 7.70. The van der Waals surface area contributed by atoms with Crippen molar-refractivity contribution >= 4 is 5.84 Å². The lowest BCUT2D eigenvalue weighted by molar-refractivity contribution is 0.461. The van der Waals surface area contributed by atoms with Crippen LogP contribution in [0.25, 0.3) is 0 Å². The molecule has 0 bridgehead atoms. The molecule has 2 rings (SSSR count). The van der Waals surface area contributed by atoms with Gasteiger partial charge in [-0.3, -0.25) is 5.41 Å². The summed E-state index contributed by atoms with van der Waals surface area (Å²) in [5.41, 5.74) is 5.70. The van der Waals surface area contributed by atoms with E-state index in [9.17, 15) is 5.11 Å². The minimum atomic E-state index is 0.000692. The molecule has 5 nitrogen and oxygen atoms in total. The van der Waals surface area contributed by atoms with Gasteiger partial charge in [-0.05, 0) is 12.8 Å². The Labute approximate surface area is 81.5 Å². The second-order valence-electron chi connectivity index (χ2n) is 3.54. The van der Waals surface area contributed by atoms with Crippen LogP contribution < -0.4 is 5.73 Å². The molecule has 0 atom stereocenters. The topological polar surface area (TPSA) is 95.9 Å². The largest absolute Gasteiger partial charge is 0.504 e. The molecular formula is C9H12N4O. The molecule has 0 spiro atoms. The Bertz CT molecular complexity index is 373. The van der Waals surface area contributed by atoms with E-state index in [0.29, 0.717) is 11.6 Å². The van der Waals surface area contributed by atoms with Gasteiger partial charge in [-0.2, -0.15) is 0 Å². The molecule has 0 saturated heterocycles. The number of hydrogen-bond donors (Lipinski definition) is 3. The minimum Gasteiger partial charge on any atom is -0.504 e. The molecule has 14 heavy (non-hydrogen) atoms. The first-order valence-electron chi connectivity index (χ1n) is 4.54. The summed E-state index contributed by atoms with van der Waals surface area (Å²) >= 11 is 0. The van der Waals surface area contributed by atoms with Gasteiger partial charge in [0.05, 0.1) is 24.1 Å². The SMILES string of the molecule is N=C(N)Cc1nc(C2CC2)ncc1O. The number of hydrogen-bond acceptors (Lipinski definition) is 4. The van der Waals surface area contributed by atoms with Gasteiger partial charge in [-0.15, -0.1) is 0 Å². The van der Waals surface area contributed by atoms with Gasteiger partial charge in [0, 0.05) is 5.92 Å². The van der Waals surface area contributed by atoms with Crippen LogP contribution in [0, 0.1) is 5.41 Å². The highest BCUT2D eigenvalue weighted by molar-refractivity contribution is 5.79. The van der Waals surface area contributed by atoms with Gasteiger partial charge in [0.2, 0.25) is 0 Å². The van der Waals surface area contributed by atoms with Crippen molar-refractivity contribution in [3.63, 3.8) is 0 Å². The number of aromatic nitrogens is 2. The number of nitrogens with two attached hydrogens (primary N) is 1. The number of amidine groups is 1. The fourth-order valence-corrected chi connectivity index (χ4v) is 1.27. The van der Waals surface area contributed by atoms with E-state index < -0.39 is 0 Å². The Kier molecular flexibility index (Phi) is 2.07. The van der Waals surface area contributed by atoms with Crippen molar-refractivity contribution in [3.8, 4) is 5.75 Å². The highest BCUT2D eigenvalue weighted by atomic mass is 16.3. The van der Waals surface area contributed by atoms with Gasteiger partial charge >= 0.3 is 0 Å². The van der Waals surface area contributed by atoms with Crippen molar-refractivity contribution in [2.24, 2.45) is 5.73 Å². The molecule has 0 unspecified atom stereocenters. The fraction of sp³-hybridized carbons (Fsp3) is 0.444. The fourth-order valence-electron chi connectivity index (χ4n) is 1.27. The van der Waals surface area contributed by atoms with Crippen molar-refractivity contribution in [1.82, 2.24) is 9.97 Å². The standard InChI is InChI=1S/C9H12N4O/c10-8(11)3-6-7(14)4-12-9(13-6)5-1-2-5/h4-5,14H,1-3H2,(H3,10,11). The Hall–Kier alpha value is -1.65. The molecule has 1 aromatic heterocycles. The van der Waals surface area contributed by atoms with Crippen LogP contribution in [0.1, 0.15) is 30.3 Å². The molecule has 1 aliphatic rings. The van der Waals surface area contributed by atoms with Gasteiger partial charge in [0.25, 0.3) is 0 Å². The van der Waals surface area contributed by atoms with Crippen LogP contribution in [-0.4, -0.2) is 20.9 Å². The summed E-state index contributed by atoms with van der Waals surface area (Å²) in [6, 6.07) is 0. The van der Waals surface area contributed by atoms with Crippen molar-refractivity contribution in [2.45, 2.75) is 25.2 Å². The van der Waals surface area contributed by atoms with Gasteiger partial charge in [-0.25, -0.2) is 9.97 Å². The molecule has 4 N–H and O–H groups in total. The molecule has 0 radical (unpaired) electrons. The Balaban J connectivity index is 2.26. The summed E-state index contributed by atoms with van der Waals surface area (Å²) < 4.78 is 0. The number of nitrogens with one attached hydrogen (secondary N) is 1. The molecule has 5 heteroatoms. The first-order valence-corrected chi connectivity index (χ1v) is 4.54. The van der Waals surface area contributed by atoms with E-state index >= 15 is 0 Å². The van der Waals surface area contributed by atoms with Crippen molar-refractivity contribution in [2.75, 3.05) is 0 Å². The minimum absolute atomic E-state index is 0.000692. The van der Waals surface area contributed by atoms with Gasteiger partial charge in [0.15, 0.2) is 5.75 Å². The summed E-state index contributed by atoms with van der Waals surface area (Å²) in [6.07, 6.45) is 3.81. The lowest BCUT2D eigenvalue weighted by Crippen LogP contribution is -2.14. The average molecular weight is 192 g/mol. The average Bonchev–Trinajstić information content (AvgIpc) is 2.91. The van der Waals surface area contributed by atoms with E-state index in [-0.39, 0.29) is 18.0 Å². The number of aromatic hydroxyl groups is 1. The zero-order valence-electron chi connectivity index (χ0n) is 7.70. The maximum absolute atomic E-state index is 9.41. The number of nitrogens with zero attached hydrogens (tertiary/aromatic N) is 2. The van der Waals surface area contributed by atoms with Crippen LogP contribution in [-0.2, 0) is 6.42 Å². The predicted octanol–water partition coefficient (Wildman–Crippen LogP) is 0.538. The maximum Gasteiger partial charge on any atom is 0.155 e. The third kappa shape index (κ3) is 1.81. The maximum atomic E-state index is 9.41. The molecule has 1 heterocycles. The van der Waals surface area contributed by atoms with Crippen LogP contribution in [0.5, 0.6) is 5.75 Å². The second-order valence-corrected chi connectivity index (χ2v) is 3.54. The van der Waals surface area contributed by atoms with Crippen LogP contribution in [0.15, 0.2) is 6.20 Å². The van der Waals surface area contributed by atoms with E-state index in [1.807, 2.05) is 0 Å². The van der Waals surface area contributed by atoms with E-state index in [2.05, 4.69) is 9.97 Å². The van der Waals surface area contributed by atoms with Gasteiger partial charge < -0.3 is 10.8 Å². The quantitative estimate of drug-likeness (QED) is 0.481. The van der Waals surface area contributed by atoms with Crippen LogP contribution in [0.3, 0.4) is 0 Å². The van der Waals surface area contributed by atoms with E-state index in [4.69, 9.17) is 11.1 Å². The van der Waals surface area contributed by atoms with Crippen molar-refractivity contribution < 1.29 is 5.11 Å². The predicted molar refractivity (Wildman–Crippen MR) is 51.3 cm³/mol. The zero-order chi connectivity index (χ0) is 10.1. The van der Waals surface area contributed by atoms with E-state index in [1.165, 1.54) is 6.20 Å². The van der Waals surface area contributed by atoms with Gasteiger partial charge in [0.1, 0.15) is 5.82 Å². The Morgan fingerprint density at radius 3 is 2.93 bits per heavy atom. The normalized spacial score (nSPS) is 15.4. The first kappa shape index (κ1) is 8.93. The molecule has 1 saturated carbocycles. The summed E-state index contributed by atoms with van der Waals surface area (Å²) in [5, 5.41) is 16.5. The van der Waals surface area contributed by atoms with E-state index in [0.717, 1.165) is 18.7 Å². The molecule has 1 aliphatic carbocycles. The van der Waals surface area contributed by atoms with Crippen molar-refractivity contribution in [3.05, 3.63) is 17.7 Å². The summed E-state index contributed by atoms with van der Waals surface area (Å²) in [4.78, 5) is 8.23. The first-order chi connectivity index (χ1) is 6.66. The molecule has 0 aliphatic heterocycles. The molecule has 0 aromatic carbocycles. The van der Waals surface area contributed by atoms with Gasteiger partial charge in [-0.1, -0.05) is 0 Å². The second kappa shape index (κ2) is 3.25. The van der Waals surface area contributed by atoms with Crippen molar-refractivity contribution in [1.29, 1.82) is 5.41 Å². The smallest absolute Gasteiger partial charge is 0.155 e. The van der Waals surface area contributed by atoms with E-state index in [1.54, 1.807) is 0 Å². The summed E-state index contributed by atoms with van der Waals surface area (Å²) in [7, 11) is 0. The van der Waals surface area contributed by atoms with Crippen LogP contribution in [0.4, 0.5) is 0 Å². The third-order valence-corrected chi connectivity index (χ3v) is 2.16. The lowest BCUT2D eigenvalue weighted by atomic mass is 10.2. The molecule has 1 fully saturated rings. The molecule has 74 valence electrons. The third-order valence-electron chi connectivity index (χ3n) is 2.16.